The van der Waals surface area contributed by atoms with E-state index < -0.39 is 17.4 Å². The van der Waals surface area contributed by atoms with Gasteiger partial charge in [-0.1, -0.05) is 42.3 Å². The molecule has 0 unspecified atom stereocenters. The number of rotatable bonds is 14. The molecule has 1 saturated carbocycles. The van der Waals surface area contributed by atoms with E-state index in [1.165, 1.54) is 12.5 Å². The molecule has 1 spiro atoms. The fourth-order valence-corrected chi connectivity index (χ4v) is 11.5. The number of nitrogens with one attached hydrogen (secondary N) is 3. The molecular formula is C54H61N5O7. The zero-order valence-electron chi connectivity index (χ0n) is 38.6. The normalized spacial score (nSPS) is 20.9. The molecule has 4 bridgehead atoms. The summed E-state index contributed by atoms with van der Waals surface area (Å²) in [6.07, 6.45) is 4.35. The van der Waals surface area contributed by atoms with E-state index in [1.807, 2.05) is 32.3 Å². The van der Waals surface area contributed by atoms with E-state index in [0.717, 1.165) is 94.6 Å². The highest BCUT2D eigenvalue weighted by Gasteiger charge is 2.52. The fraction of sp³-hybridized carbons (Fsp3) is 0.407. The molecule has 12 nitrogen and oxygen atoms in total. The lowest BCUT2D eigenvalue weighted by atomic mass is 9.64. The van der Waals surface area contributed by atoms with Crippen LogP contribution in [0.15, 0.2) is 72.8 Å². The Bertz CT molecular complexity index is 2700. The van der Waals surface area contributed by atoms with E-state index in [1.54, 1.807) is 19.2 Å². The minimum Gasteiger partial charge on any atom is -0.508 e. The van der Waals surface area contributed by atoms with E-state index in [9.17, 15) is 15.0 Å². The molecule has 4 aromatic carbocycles. The molecule has 7 N–H and O–H groups in total. The average Bonchev–Trinajstić information content (AvgIpc) is 3.88. The molecule has 9 rings (SSSR count). The number of benzene rings is 4. The number of anilines is 2. The highest BCUT2D eigenvalue weighted by molar-refractivity contribution is 5.84. The van der Waals surface area contributed by atoms with Crippen molar-refractivity contribution in [1.29, 1.82) is 0 Å². The largest absolute Gasteiger partial charge is 0.508 e. The fourth-order valence-electron chi connectivity index (χ4n) is 11.5. The summed E-state index contributed by atoms with van der Waals surface area (Å²) in [5.74, 6) is 8.69. The van der Waals surface area contributed by atoms with E-state index in [4.69, 9.17) is 29.7 Å². The van der Waals surface area contributed by atoms with Crippen LogP contribution in [0.5, 0.6) is 28.7 Å². The first-order valence-corrected chi connectivity index (χ1v) is 23.3. The van der Waals surface area contributed by atoms with Gasteiger partial charge in [0.25, 0.3) is 0 Å². The Kier molecular flexibility index (Phi) is 12.8. The summed E-state index contributed by atoms with van der Waals surface area (Å²) in [7, 11) is 5.37. The van der Waals surface area contributed by atoms with Crippen LogP contribution in [0.1, 0.15) is 102 Å². The van der Waals surface area contributed by atoms with Crippen molar-refractivity contribution < 1.29 is 34.0 Å². The average molecular weight is 892 g/mol. The predicted octanol–water partition coefficient (Wildman–Crippen LogP) is 8.07. The van der Waals surface area contributed by atoms with Crippen LogP contribution in [0, 0.1) is 17.8 Å². The standard InChI is InChI=1S/C54H61N5O7/c1-6-58-44-12-8-7-10-32(44)14-15-38-34-20-21-54(26-34)27-35-22-36(61)24-48(63-5)50(35)41-17-16-40-43(30-64-31(2)60)52(66-53(40)51(41)54)42-25-47(65-37(28-56-3)29-57-4)46(62)23-33(42)11-9-13-45-39(38)18-19-49(55)59-45/h7-8,10,12,16-19,22-25,34,37-38,43,52,56-58,61-62H,6,11,14-15,20-21,26-30H2,1-5H3,(H2,55,59)/t34-,38-,43+,52-,54+/m1/s1. The summed E-state index contributed by atoms with van der Waals surface area (Å²) < 4.78 is 25.9. The Balaban J connectivity index is 1.28. The van der Waals surface area contributed by atoms with E-state index >= 15 is 0 Å². The number of nitrogens with two attached hydrogens (primary N) is 1. The molecule has 4 aliphatic rings. The zero-order chi connectivity index (χ0) is 46.1. The molecule has 2 aliphatic carbocycles. The van der Waals surface area contributed by atoms with Crippen LogP contribution in [0.4, 0.5) is 11.5 Å². The number of esters is 1. The second kappa shape index (κ2) is 18.8. The third kappa shape index (κ3) is 8.46. The number of nitrogens with zero attached hydrogens (tertiary/aromatic N) is 1. The summed E-state index contributed by atoms with van der Waals surface area (Å²) in [4.78, 5) is 17.5. The zero-order valence-corrected chi connectivity index (χ0v) is 38.6. The van der Waals surface area contributed by atoms with Gasteiger partial charge in [0.05, 0.1) is 13.0 Å². The number of carbonyl (C=O) groups excluding carboxylic acids is 1. The lowest BCUT2D eigenvalue weighted by Crippen LogP contribution is -2.37. The molecule has 0 radical (unpaired) electrons. The Morgan fingerprint density at radius 2 is 1.79 bits per heavy atom. The number of pyridine rings is 1. The third-order valence-electron chi connectivity index (χ3n) is 14.2. The van der Waals surface area contributed by atoms with Crippen LogP contribution in [-0.2, 0) is 34.2 Å². The van der Waals surface area contributed by atoms with Gasteiger partial charge in [-0.05, 0) is 135 Å². The lowest BCUT2D eigenvalue weighted by molar-refractivity contribution is -0.141. The minimum absolute atomic E-state index is 0.0148. The summed E-state index contributed by atoms with van der Waals surface area (Å²) in [5, 5.41) is 32.8. The summed E-state index contributed by atoms with van der Waals surface area (Å²) in [6, 6.07) is 24.0. The van der Waals surface area contributed by atoms with Crippen molar-refractivity contribution in [2.75, 3.05) is 58.5 Å². The molecular weight excluding hydrogens is 831 g/mol. The van der Waals surface area contributed by atoms with Gasteiger partial charge < -0.3 is 50.8 Å². The van der Waals surface area contributed by atoms with Crippen molar-refractivity contribution >= 4 is 17.5 Å². The number of ether oxygens (including phenoxy) is 4. The van der Waals surface area contributed by atoms with Crippen LogP contribution < -0.4 is 35.9 Å². The van der Waals surface area contributed by atoms with E-state index in [2.05, 4.69) is 77.2 Å². The Morgan fingerprint density at radius 1 is 0.985 bits per heavy atom. The smallest absolute Gasteiger partial charge is 0.302 e. The summed E-state index contributed by atoms with van der Waals surface area (Å²) in [5.41, 5.74) is 16.8. The Labute approximate surface area is 387 Å². The van der Waals surface area contributed by atoms with Crippen molar-refractivity contribution in [3.05, 3.63) is 117 Å². The van der Waals surface area contributed by atoms with Crippen molar-refractivity contribution in [2.24, 2.45) is 5.92 Å². The maximum absolute atomic E-state index is 12.6. The first-order valence-electron chi connectivity index (χ1n) is 23.3. The van der Waals surface area contributed by atoms with Crippen LogP contribution in [0.25, 0.3) is 11.1 Å². The van der Waals surface area contributed by atoms with E-state index in [-0.39, 0.29) is 48.4 Å². The number of hydrogen-bond acceptors (Lipinski definition) is 12. The quantitative estimate of drug-likeness (QED) is 0.0469. The molecule has 1 aromatic heterocycles. The molecule has 2 aliphatic heterocycles. The Hall–Kier alpha value is -6.42. The number of carbonyl (C=O) groups is 1. The van der Waals surface area contributed by atoms with Crippen molar-refractivity contribution in [3.8, 4) is 51.7 Å². The minimum atomic E-state index is -0.634. The molecule has 66 heavy (non-hydrogen) atoms. The highest BCUT2D eigenvalue weighted by Crippen LogP contribution is 2.63. The number of para-hydroxylation sites is 1. The number of aryl methyl sites for hydroxylation is 1. The maximum Gasteiger partial charge on any atom is 0.302 e. The van der Waals surface area contributed by atoms with Gasteiger partial charge in [-0.25, -0.2) is 4.98 Å². The molecule has 5 atom stereocenters. The third-order valence-corrected chi connectivity index (χ3v) is 14.2. The van der Waals surface area contributed by atoms with Gasteiger partial charge in [0.15, 0.2) is 11.5 Å². The van der Waals surface area contributed by atoms with E-state index in [0.29, 0.717) is 42.5 Å². The molecule has 344 valence electrons. The Morgan fingerprint density at radius 3 is 2.56 bits per heavy atom. The summed E-state index contributed by atoms with van der Waals surface area (Å²) >= 11 is 0. The highest BCUT2D eigenvalue weighted by atomic mass is 16.5. The van der Waals surface area contributed by atoms with Crippen LogP contribution >= 0.6 is 0 Å². The van der Waals surface area contributed by atoms with Crippen molar-refractivity contribution in [3.63, 3.8) is 0 Å². The SMILES string of the molecule is CCNc1ccccc1CC[C@H]1c2ccc(N)nc2C#CCc2cc(O)c(OC(CNC)CNC)cc2[C@H]2Oc3c(ccc4c3[C@]3(CC[C@@H]1C3)Cc1cc(O)cc(OC)c1-4)[C@@H]2COC(C)=O. The molecule has 3 heterocycles. The number of fused-ring (bicyclic) bond motifs is 7. The second-order valence-corrected chi connectivity index (χ2v) is 18.4. The van der Waals surface area contributed by atoms with Crippen molar-refractivity contribution in [2.45, 2.75) is 88.3 Å². The van der Waals surface area contributed by atoms with Gasteiger partial charge >= 0.3 is 5.97 Å². The number of hydrogen-bond donors (Lipinski definition) is 6. The number of nitrogen functional groups attached to an aromatic ring is 1. The van der Waals surface area contributed by atoms with Crippen LogP contribution in [0.2, 0.25) is 0 Å². The molecule has 0 saturated heterocycles. The number of aromatic hydroxyl groups is 2. The van der Waals surface area contributed by atoms with Crippen LogP contribution in [-0.4, -0.2) is 74.7 Å². The molecule has 1 fully saturated rings. The molecule has 0 amide bonds. The number of phenols is 2. The van der Waals surface area contributed by atoms with Gasteiger partial charge in [-0.3, -0.25) is 4.79 Å². The number of aromatic nitrogens is 1. The van der Waals surface area contributed by atoms with Gasteiger partial charge in [0.2, 0.25) is 0 Å². The summed E-state index contributed by atoms with van der Waals surface area (Å²) in [6.45, 7) is 5.53. The predicted molar refractivity (Wildman–Crippen MR) is 257 cm³/mol. The molecule has 5 aromatic rings. The van der Waals surface area contributed by atoms with Gasteiger partial charge in [-0.2, -0.15) is 0 Å². The van der Waals surface area contributed by atoms with Gasteiger partial charge in [-0.15, -0.1) is 0 Å². The first kappa shape index (κ1) is 44.8. The molecule has 12 heteroatoms. The lowest BCUT2D eigenvalue weighted by Gasteiger charge is -2.39. The monoisotopic (exact) mass is 891 g/mol. The number of phenolic OH excluding ortho intramolecular Hbond substituents is 2. The van der Waals surface area contributed by atoms with Crippen molar-refractivity contribution in [1.82, 2.24) is 15.6 Å². The number of methoxy groups -OCH3 is 1. The van der Waals surface area contributed by atoms with Crippen LogP contribution in [0.3, 0.4) is 0 Å². The topological polar surface area (TPSA) is 169 Å². The van der Waals surface area contributed by atoms with Gasteiger partial charge in [0, 0.05) is 72.4 Å². The van der Waals surface area contributed by atoms with Gasteiger partial charge in [0.1, 0.15) is 47.6 Å². The second-order valence-electron chi connectivity index (χ2n) is 18.4. The number of likely N-dealkylation sites (N-methyl/N-ethyl adjacent to an activating group) is 2. The first-order chi connectivity index (χ1) is 32.0. The maximum atomic E-state index is 12.6.